The van der Waals surface area contributed by atoms with E-state index in [1.165, 1.54) is 33.0 Å². The predicted octanol–water partition coefficient (Wildman–Crippen LogP) is 9.54. The van der Waals surface area contributed by atoms with Gasteiger partial charge in [-0.05, 0) is 97.8 Å². The first-order valence-corrected chi connectivity index (χ1v) is 14.2. The number of methoxy groups -OCH3 is 2. The van der Waals surface area contributed by atoms with Crippen molar-refractivity contribution in [1.82, 2.24) is 9.13 Å². The quantitative estimate of drug-likeness (QED) is 0.207. The lowest BCUT2D eigenvalue weighted by Gasteiger charge is -2.13. The van der Waals surface area contributed by atoms with E-state index >= 15 is 0 Å². The number of hydrogen-bond donors (Lipinski definition) is 0. The summed E-state index contributed by atoms with van der Waals surface area (Å²) >= 11 is 0. The summed E-state index contributed by atoms with van der Waals surface area (Å²) in [6, 6.07) is 43.4. The lowest BCUT2D eigenvalue weighted by Crippen LogP contribution is -1.98. The molecule has 206 valence electrons. The number of fused-ring (bicyclic) bond motifs is 2. The monoisotopic (exact) mass is 548 g/mol. The molecule has 0 N–H and O–H groups in total. The van der Waals surface area contributed by atoms with Crippen molar-refractivity contribution < 1.29 is 9.47 Å². The fraction of sp³-hybridized carbons (Fsp3) is 0.105. The molecule has 0 bridgehead atoms. The zero-order valence-corrected chi connectivity index (χ0v) is 24.3. The van der Waals surface area contributed by atoms with Gasteiger partial charge in [0.1, 0.15) is 11.5 Å². The summed E-state index contributed by atoms with van der Waals surface area (Å²) in [5.74, 6) is 1.68. The van der Waals surface area contributed by atoms with Crippen molar-refractivity contribution in [2.45, 2.75) is 13.8 Å². The van der Waals surface area contributed by atoms with Gasteiger partial charge in [-0.3, -0.25) is 0 Å². The van der Waals surface area contributed by atoms with Crippen LogP contribution in [0.3, 0.4) is 0 Å². The molecule has 0 atom stereocenters. The number of aromatic nitrogens is 2. The molecule has 0 aliphatic rings. The number of rotatable bonds is 6. The van der Waals surface area contributed by atoms with Gasteiger partial charge in [-0.2, -0.15) is 0 Å². The predicted molar refractivity (Wildman–Crippen MR) is 174 cm³/mol. The maximum atomic E-state index is 5.46. The number of benzene rings is 5. The van der Waals surface area contributed by atoms with Gasteiger partial charge in [-0.15, -0.1) is 0 Å². The van der Waals surface area contributed by atoms with E-state index < -0.39 is 0 Å². The number of nitrogens with zero attached hydrogens (tertiary/aromatic N) is 2. The van der Waals surface area contributed by atoms with Crippen LogP contribution in [0.5, 0.6) is 11.5 Å². The minimum atomic E-state index is 0.841. The van der Waals surface area contributed by atoms with Gasteiger partial charge in [0.05, 0.1) is 36.6 Å². The second-order valence-corrected chi connectivity index (χ2v) is 10.8. The molecule has 0 saturated heterocycles. The van der Waals surface area contributed by atoms with Crippen LogP contribution in [-0.4, -0.2) is 23.4 Å². The molecule has 42 heavy (non-hydrogen) atoms. The molecular formula is C38H32N2O2. The topological polar surface area (TPSA) is 28.3 Å². The standard InChI is InChI=1S/C38H32N2O2/c1-25-5-9-27(10-6-25)35-21-29-23-38-30(24-37(29)39(35)31-13-17-33(41-3)18-14-31)22-36(28-11-7-26(2)8-12-28)40(38)32-15-19-34(42-4)20-16-32/h5-24H,1-4H3. The largest absolute Gasteiger partial charge is 0.497 e. The van der Waals surface area contributed by atoms with Crippen molar-refractivity contribution in [2.75, 3.05) is 14.2 Å². The minimum absolute atomic E-state index is 0.841. The van der Waals surface area contributed by atoms with Crippen molar-refractivity contribution >= 4 is 21.8 Å². The summed E-state index contributed by atoms with van der Waals surface area (Å²) in [7, 11) is 3.40. The van der Waals surface area contributed by atoms with Crippen molar-refractivity contribution in [3.63, 3.8) is 0 Å². The maximum Gasteiger partial charge on any atom is 0.119 e. The van der Waals surface area contributed by atoms with E-state index in [9.17, 15) is 0 Å². The number of aryl methyl sites for hydroxylation is 2. The summed E-state index contributed by atoms with van der Waals surface area (Å²) in [5.41, 5.74) is 11.6. The van der Waals surface area contributed by atoms with Crippen LogP contribution >= 0.6 is 0 Å². The first kappa shape index (κ1) is 25.7. The van der Waals surface area contributed by atoms with E-state index in [1.54, 1.807) is 14.2 Å². The average molecular weight is 549 g/mol. The van der Waals surface area contributed by atoms with Gasteiger partial charge in [0.25, 0.3) is 0 Å². The van der Waals surface area contributed by atoms with Crippen molar-refractivity contribution in [3.05, 3.63) is 132 Å². The van der Waals surface area contributed by atoms with Gasteiger partial charge in [-0.1, -0.05) is 59.7 Å². The molecule has 7 aromatic rings. The zero-order chi connectivity index (χ0) is 28.8. The van der Waals surface area contributed by atoms with Crippen LogP contribution in [0, 0.1) is 13.8 Å². The van der Waals surface area contributed by atoms with Crippen LogP contribution < -0.4 is 9.47 Å². The van der Waals surface area contributed by atoms with Crippen LogP contribution in [0.15, 0.2) is 121 Å². The summed E-state index contributed by atoms with van der Waals surface area (Å²) < 4.78 is 15.6. The molecule has 0 amide bonds. The molecule has 0 saturated carbocycles. The molecule has 4 heteroatoms. The molecule has 7 rings (SSSR count). The Morgan fingerprint density at radius 1 is 0.429 bits per heavy atom. The van der Waals surface area contributed by atoms with Gasteiger partial charge < -0.3 is 18.6 Å². The highest BCUT2D eigenvalue weighted by Gasteiger charge is 2.18. The zero-order valence-electron chi connectivity index (χ0n) is 24.3. The van der Waals surface area contributed by atoms with Gasteiger partial charge >= 0.3 is 0 Å². The Morgan fingerprint density at radius 2 is 0.786 bits per heavy atom. The Labute approximate surface area is 246 Å². The Kier molecular flexibility index (Phi) is 6.32. The highest BCUT2D eigenvalue weighted by molar-refractivity contribution is 6.02. The van der Waals surface area contributed by atoms with E-state index in [0.717, 1.165) is 45.3 Å². The second-order valence-electron chi connectivity index (χ2n) is 10.8. The molecule has 4 nitrogen and oxygen atoms in total. The highest BCUT2D eigenvalue weighted by Crippen LogP contribution is 2.38. The van der Waals surface area contributed by atoms with Gasteiger partial charge in [0.2, 0.25) is 0 Å². The summed E-state index contributed by atoms with van der Waals surface area (Å²) in [6.07, 6.45) is 0. The first-order valence-electron chi connectivity index (χ1n) is 14.2. The Hall–Kier alpha value is -5.22. The third kappa shape index (κ3) is 4.42. The normalized spacial score (nSPS) is 11.3. The van der Waals surface area contributed by atoms with Crippen molar-refractivity contribution in [2.24, 2.45) is 0 Å². The Bertz CT molecular complexity index is 1880. The molecule has 0 unspecified atom stereocenters. The van der Waals surface area contributed by atoms with Gasteiger partial charge in [0, 0.05) is 22.1 Å². The molecule has 0 fully saturated rings. The fourth-order valence-corrected chi connectivity index (χ4v) is 5.80. The molecule has 2 aromatic heterocycles. The van der Waals surface area contributed by atoms with Crippen molar-refractivity contribution in [1.29, 1.82) is 0 Å². The Balaban J connectivity index is 1.52. The van der Waals surface area contributed by atoms with Crippen molar-refractivity contribution in [3.8, 4) is 45.4 Å². The third-order valence-corrected chi connectivity index (χ3v) is 8.08. The molecule has 0 radical (unpaired) electrons. The highest BCUT2D eigenvalue weighted by atomic mass is 16.5. The lowest BCUT2D eigenvalue weighted by atomic mass is 10.1. The second kappa shape index (κ2) is 10.3. The van der Waals surface area contributed by atoms with Crippen LogP contribution in [0.4, 0.5) is 0 Å². The maximum absolute atomic E-state index is 5.46. The molecule has 0 aliphatic heterocycles. The van der Waals surface area contributed by atoms with E-state index in [4.69, 9.17) is 9.47 Å². The molecular weight excluding hydrogens is 516 g/mol. The molecule has 2 heterocycles. The number of ether oxygens (including phenoxy) is 2. The Morgan fingerprint density at radius 3 is 1.12 bits per heavy atom. The fourth-order valence-electron chi connectivity index (χ4n) is 5.80. The molecule has 0 spiro atoms. The summed E-state index contributed by atoms with van der Waals surface area (Å²) in [6.45, 7) is 4.25. The number of hydrogen-bond acceptors (Lipinski definition) is 2. The summed E-state index contributed by atoms with van der Waals surface area (Å²) in [4.78, 5) is 0. The van der Waals surface area contributed by atoms with E-state index in [1.807, 2.05) is 24.3 Å². The average Bonchev–Trinajstić information content (AvgIpc) is 3.58. The summed E-state index contributed by atoms with van der Waals surface area (Å²) in [5, 5.41) is 2.36. The van der Waals surface area contributed by atoms with E-state index in [2.05, 4.69) is 120 Å². The van der Waals surface area contributed by atoms with Crippen LogP contribution in [0.2, 0.25) is 0 Å². The van der Waals surface area contributed by atoms with Crippen LogP contribution in [0.25, 0.3) is 55.7 Å². The van der Waals surface area contributed by atoms with E-state index in [-0.39, 0.29) is 0 Å². The lowest BCUT2D eigenvalue weighted by molar-refractivity contribution is 0.414. The third-order valence-electron chi connectivity index (χ3n) is 8.08. The minimum Gasteiger partial charge on any atom is -0.497 e. The van der Waals surface area contributed by atoms with Crippen LogP contribution in [-0.2, 0) is 0 Å². The van der Waals surface area contributed by atoms with Gasteiger partial charge in [-0.25, -0.2) is 0 Å². The van der Waals surface area contributed by atoms with Gasteiger partial charge in [0.15, 0.2) is 0 Å². The smallest absolute Gasteiger partial charge is 0.119 e. The van der Waals surface area contributed by atoms with Crippen LogP contribution in [0.1, 0.15) is 11.1 Å². The molecule has 5 aromatic carbocycles. The SMILES string of the molecule is COc1ccc(-n2c(-c3ccc(C)cc3)cc3cc4c(cc(-c5ccc(C)cc5)n4-c4ccc(OC)cc4)cc32)cc1. The first-order chi connectivity index (χ1) is 20.5. The van der Waals surface area contributed by atoms with E-state index in [0.29, 0.717) is 0 Å². The molecule has 0 aliphatic carbocycles.